The molecule has 0 saturated carbocycles. The third kappa shape index (κ3) is 4.41. The topological polar surface area (TPSA) is 58.2 Å². The van der Waals surface area contributed by atoms with Crippen LogP contribution in [0.15, 0.2) is 29.2 Å². The van der Waals surface area contributed by atoms with E-state index in [1.54, 1.807) is 7.05 Å². The summed E-state index contributed by atoms with van der Waals surface area (Å²) >= 11 is 0. The van der Waals surface area contributed by atoms with Gasteiger partial charge in [-0.05, 0) is 37.7 Å². The van der Waals surface area contributed by atoms with E-state index in [1.165, 1.54) is 18.2 Å². The summed E-state index contributed by atoms with van der Waals surface area (Å²) in [4.78, 5) is -0.0471. The zero-order valence-corrected chi connectivity index (χ0v) is 10.7. The number of rotatable bonds is 6. The minimum absolute atomic E-state index is 0.0471. The molecule has 0 saturated heterocycles. The summed E-state index contributed by atoms with van der Waals surface area (Å²) in [5, 5.41) is 2.96. The minimum atomic E-state index is -3.61. The fourth-order valence-corrected chi connectivity index (χ4v) is 2.59. The lowest BCUT2D eigenvalue weighted by Gasteiger charge is -2.12. The van der Waals surface area contributed by atoms with Crippen molar-refractivity contribution in [3.63, 3.8) is 0 Å². The fraction of sp³-hybridized carbons (Fsp3) is 0.455. The summed E-state index contributed by atoms with van der Waals surface area (Å²) in [5.74, 6) is -0.389. The number of hydrogen-bond acceptors (Lipinski definition) is 3. The van der Waals surface area contributed by atoms with Gasteiger partial charge in [-0.2, -0.15) is 0 Å². The molecule has 0 aliphatic heterocycles. The molecule has 17 heavy (non-hydrogen) atoms. The molecule has 1 unspecified atom stereocenters. The molecule has 2 N–H and O–H groups in total. The van der Waals surface area contributed by atoms with E-state index in [2.05, 4.69) is 10.0 Å². The SMILES string of the molecule is CNCC(C)CNS(=O)(=O)c1cccc(F)c1. The van der Waals surface area contributed by atoms with Gasteiger partial charge in [-0.15, -0.1) is 0 Å². The Hall–Kier alpha value is -0.980. The molecule has 0 fully saturated rings. The third-order valence-electron chi connectivity index (χ3n) is 2.28. The largest absolute Gasteiger partial charge is 0.319 e. The zero-order chi connectivity index (χ0) is 12.9. The van der Waals surface area contributed by atoms with E-state index in [-0.39, 0.29) is 10.8 Å². The van der Waals surface area contributed by atoms with Crippen LogP contribution in [0.4, 0.5) is 4.39 Å². The summed E-state index contributed by atoms with van der Waals surface area (Å²) in [6, 6.07) is 4.96. The predicted octanol–water partition coefficient (Wildman–Crippen LogP) is 0.960. The van der Waals surface area contributed by atoms with Crippen molar-refractivity contribution in [3.8, 4) is 0 Å². The molecule has 1 atom stereocenters. The molecule has 0 aliphatic carbocycles. The van der Waals surface area contributed by atoms with E-state index in [4.69, 9.17) is 0 Å². The Balaban J connectivity index is 2.69. The highest BCUT2D eigenvalue weighted by atomic mass is 32.2. The standard InChI is InChI=1S/C11H17FN2O2S/c1-9(7-13-2)8-14-17(15,16)11-5-3-4-10(12)6-11/h3-6,9,13-14H,7-8H2,1-2H3. The van der Waals surface area contributed by atoms with Gasteiger partial charge in [0, 0.05) is 6.54 Å². The van der Waals surface area contributed by atoms with Gasteiger partial charge < -0.3 is 5.32 Å². The van der Waals surface area contributed by atoms with E-state index >= 15 is 0 Å². The highest BCUT2D eigenvalue weighted by molar-refractivity contribution is 7.89. The maximum atomic E-state index is 12.9. The number of hydrogen-bond donors (Lipinski definition) is 2. The number of nitrogens with one attached hydrogen (secondary N) is 2. The molecule has 0 heterocycles. The van der Waals surface area contributed by atoms with Crippen molar-refractivity contribution in [3.05, 3.63) is 30.1 Å². The summed E-state index contributed by atoms with van der Waals surface area (Å²) in [5.41, 5.74) is 0. The van der Waals surface area contributed by atoms with Crippen molar-refractivity contribution in [2.45, 2.75) is 11.8 Å². The van der Waals surface area contributed by atoms with Gasteiger partial charge in [0.25, 0.3) is 0 Å². The monoisotopic (exact) mass is 260 g/mol. The van der Waals surface area contributed by atoms with Crippen LogP contribution in [0.2, 0.25) is 0 Å². The summed E-state index contributed by atoms with van der Waals surface area (Å²) < 4.78 is 39.0. The summed E-state index contributed by atoms with van der Waals surface area (Å²) in [6.07, 6.45) is 0. The molecule has 96 valence electrons. The van der Waals surface area contributed by atoms with Crippen LogP contribution in [-0.4, -0.2) is 28.6 Å². The maximum Gasteiger partial charge on any atom is 0.240 e. The van der Waals surface area contributed by atoms with Gasteiger partial charge in [0.1, 0.15) is 5.82 Å². The van der Waals surface area contributed by atoms with Gasteiger partial charge in [0.05, 0.1) is 4.90 Å². The third-order valence-corrected chi connectivity index (χ3v) is 3.70. The molecule has 0 amide bonds. The van der Waals surface area contributed by atoms with Crippen molar-refractivity contribution in [1.82, 2.24) is 10.0 Å². The van der Waals surface area contributed by atoms with E-state index in [9.17, 15) is 12.8 Å². The average molecular weight is 260 g/mol. The summed E-state index contributed by atoms with van der Waals surface area (Å²) in [6.45, 7) is 2.95. The van der Waals surface area contributed by atoms with Gasteiger partial charge >= 0.3 is 0 Å². The summed E-state index contributed by atoms with van der Waals surface area (Å²) in [7, 11) is -1.81. The Morgan fingerprint density at radius 1 is 1.35 bits per heavy atom. The van der Waals surface area contributed by atoms with E-state index in [0.717, 1.165) is 6.07 Å². The van der Waals surface area contributed by atoms with Crippen LogP contribution >= 0.6 is 0 Å². The molecule has 0 aromatic heterocycles. The second-order valence-corrected chi connectivity index (χ2v) is 5.74. The lowest BCUT2D eigenvalue weighted by molar-refractivity contribution is 0.518. The molecule has 1 aromatic carbocycles. The van der Waals surface area contributed by atoms with Crippen molar-refractivity contribution in [2.24, 2.45) is 5.92 Å². The van der Waals surface area contributed by atoms with Gasteiger partial charge in [-0.1, -0.05) is 13.0 Å². The Morgan fingerprint density at radius 3 is 2.65 bits per heavy atom. The van der Waals surface area contributed by atoms with Gasteiger partial charge in [0.2, 0.25) is 10.0 Å². The average Bonchev–Trinajstić information content (AvgIpc) is 2.27. The number of sulfonamides is 1. The Bertz CT molecular complexity index is 462. The zero-order valence-electron chi connectivity index (χ0n) is 9.90. The van der Waals surface area contributed by atoms with Crippen molar-refractivity contribution in [2.75, 3.05) is 20.1 Å². The maximum absolute atomic E-state index is 12.9. The van der Waals surface area contributed by atoms with Gasteiger partial charge in [0.15, 0.2) is 0 Å². The predicted molar refractivity (Wildman–Crippen MR) is 64.7 cm³/mol. The molecule has 6 heteroatoms. The van der Waals surface area contributed by atoms with Crippen LogP contribution in [0.5, 0.6) is 0 Å². The van der Waals surface area contributed by atoms with Gasteiger partial charge in [-0.3, -0.25) is 0 Å². The normalized spacial score (nSPS) is 13.6. The Labute approximate surface area is 101 Å². The second-order valence-electron chi connectivity index (χ2n) is 3.97. The molecule has 1 aromatic rings. The Morgan fingerprint density at radius 2 is 2.06 bits per heavy atom. The molecule has 0 spiro atoms. The minimum Gasteiger partial charge on any atom is -0.319 e. The highest BCUT2D eigenvalue weighted by Gasteiger charge is 2.15. The molecule has 0 aliphatic rings. The van der Waals surface area contributed by atoms with E-state index < -0.39 is 15.8 Å². The quantitative estimate of drug-likeness (QED) is 0.801. The first-order valence-corrected chi connectivity index (χ1v) is 6.84. The molecule has 0 bridgehead atoms. The Kier molecular flexibility index (Phi) is 5.04. The second kappa shape index (κ2) is 6.09. The van der Waals surface area contributed by atoms with Gasteiger partial charge in [-0.25, -0.2) is 17.5 Å². The first-order valence-electron chi connectivity index (χ1n) is 5.35. The molecule has 1 rings (SSSR count). The van der Waals surface area contributed by atoms with Crippen LogP contribution in [0.25, 0.3) is 0 Å². The fourth-order valence-electron chi connectivity index (χ4n) is 1.39. The number of halogens is 1. The van der Waals surface area contributed by atoms with Crippen LogP contribution in [0.1, 0.15) is 6.92 Å². The highest BCUT2D eigenvalue weighted by Crippen LogP contribution is 2.10. The molecular formula is C11H17FN2O2S. The van der Waals surface area contributed by atoms with Crippen LogP contribution < -0.4 is 10.0 Å². The first kappa shape index (κ1) is 14.1. The first-order chi connectivity index (χ1) is 7.95. The number of benzene rings is 1. The van der Waals surface area contributed by atoms with Crippen molar-refractivity contribution in [1.29, 1.82) is 0 Å². The molecular weight excluding hydrogens is 243 g/mol. The van der Waals surface area contributed by atoms with E-state index in [1.807, 2.05) is 6.92 Å². The smallest absolute Gasteiger partial charge is 0.240 e. The molecule has 4 nitrogen and oxygen atoms in total. The van der Waals surface area contributed by atoms with Crippen molar-refractivity contribution < 1.29 is 12.8 Å². The lowest BCUT2D eigenvalue weighted by atomic mass is 10.2. The van der Waals surface area contributed by atoms with Crippen LogP contribution in [0, 0.1) is 11.7 Å². The lowest BCUT2D eigenvalue weighted by Crippen LogP contribution is -2.32. The van der Waals surface area contributed by atoms with Crippen molar-refractivity contribution >= 4 is 10.0 Å². The van der Waals surface area contributed by atoms with E-state index in [0.29, 0.717) is 13.1 Å². The van der Waals surface area contributed by atoms with Crippen LogP contribution in [0.3, 0.4) is 0 Å². The van der Waals surface area contributed by atoms with Crippen LogP contribution in [-0.2, 0) is 10.0 Å². The molecule has 0 radical (unpaired) electrons.